The van der Waals surface area contributed by atoms with Crippen molar-refractivity contribution in [2.75, 3.05) is 23.4 Å². The maximum Gasteiger partial charge on any atom is 0.221 e. The molecular weight excluding hydrogens is 268 g/mol. The quantitative estimate of drug-likeness (QED) is 0.634. The molecule has 0 fully saturated rings. The van der Waals surface area contributed by atoms with Crippen LogP contribution in [0.15, 0.2) is 30.6 Å². The highest BCUT2D eigenvalue weighted by atomic mass is 16.1. The lowest BCUT2D eigenvalue weighted by molar-refractivity contribution is -0.114. The molecule has 1 aromatic heterocycles. The third-order valence-corrected chi connectivity index (χ3v) is 2.86. The SMILES string of the molecule is CNc1ncnc(N)c1C(=N)c1ccc(NC(C)=O)cc1. The first-order chi connectivity index (χ1) is 10.0. The molecule has 1 amide bonds. The minimum atomic E-state index is -0.143. The maximum atomic E-state index is 11.0. The predicted octanol–water partition coefficient (Wildman–Crippen LogP) is 1.48. The van der Waals surface area contributed by atoms with Crippen LogP contribution in [0.4, 0.5) is 17.3 Å². The number of nitrogens with zero attached hydrogens (tertiary/aromatic N) is 2. The number of amides is 1. The van der Waals surface area contributed by atoms with Crippen molar-refractivity contribution in [3.8, 4) is 0 Å². The van der Waals surface area contributed by atoms with Crippen LogP contribution in [0.25, 0.3) is 0 Å². The largest absolute Gasteiger partial charge is 0.383 e. The van der Waals surface area contributed by atoms with Gasteiger partial charge in [0.25, 0.3) is 0 Å². The number of rotatable bonds is 4. The molecule has 108 valence electrons. The van der Waals surface area contributed by atoms with E-state index in [0.29, 0.717) is 22.6 Å². The van der Waals surface area contributed by atoms with Crippen LogP contribution in [-0.2, 0) is 4.79 Å². The van der Waals surface area contributed by atoms with Crippen molar-refractivity contribution >= 4 is 28.9 Å². The summed E-state index contributed by atoms with van der Waals surface area (Å²) in [5, 5.41) is 13.8. The van der Waals surface area contributed by atoms with Crippen LogP contribution in [0.3, 0.4) is 0 Å². The summed E-state index contributed by atoms with van der Waals surface area (Å²) in [6.07, 6.45) is 1.35. The number of nitrogen functional groups attached to an aromatic ring is 1. The summed E-state index contributed by atoms with van der Waals surface area (Å²) in [7, 11) is 1.71. The molecule has 0 spiro atoms. The number of nitrogens with one attached hydrogen (secondary N) is 3. The molecule has 0 saturated carbocycles. The van der Waals surface area contributed by atoms with Crippen molar-refractivity contribution in [2.24, 2.45) is 0 Å². The lowest BCUT2D eigenvalue weighted by Crippen LogP contribution is -2.12. The summed E-state index contributed by atoms with van der Waals surface area (Å²) < 4.78 is 0. The van der Waals surface area contributed by atoms with E-state index in [4.69, 9.17) is 11.1 Å². The number of carbonyl (C=O) groups is 1. The molecule has 0 unspecified atom stereocenters. The molecule has 7 nitrogen and oxygen atoms in total. The van der Waals surface area contributed by atoms with Gasteiger partial charge in [-0.15, -0.1) is 0 Å². The first-order valence-electron chi connectivity index (χ1n) is 6.28. The van der Waals surface area contributed by atoms with E-state index in [0.717, 1.165) is 0 Å². The Bertz CT molecular complexity index is 680. The molecular formula is C14H16N6O. The van der Waals surface area contributed by atoms with Crippen LogP contribution < -0.4 is 16.4 Å². The van der Waals surface area contributed by atoms with Crippen molar-refractivity contribution in [3.63, 3.8) is 0 Å². The van der Waals surface area contributed by atoms with Gasteiger partial charge >= 0.3 is 0 Å². The van der Waals surface area contributed by atoms with E-state index in [1.807, 2.05) is 0 Å². The van der Waals surface area contributed by atoms with Gasteiger partial charge in [0.1, 0.15) is 18.0 Å². The molecule has 0 atom stereocenters. The van der Waals surface area contributed by atoms with Crippen LogP contribution in [-0.4, -0.2) is 28.6 Å². The minimum Gasteiger partial charge on any atom is -0.383 e. The molecule has 0 saturated heterocycles. The fourth-order valence-electron chi connectivity index (χ4n) is 1.90. The average molecular weight is 284 g/mol. The molecule has 2 rings (SSSR count). The van der Waals surface area contributed by atoms with Crippen LogP contribution in [0.1, 0.15) is 18.1 Å². The van der Waals surface area contributed by atoms with E-state index in [-0.39, 0.29) is 17.4 Å². The van der Waals surface area contributed by atoms with E-state index in [2.05, 4.69) is 20.6 Å². The molecule has 21 heavy (non-hydrogen) atoms. The van der Waals surface area contributed by atoms with E-state index < -0.39 is 0 Å². The van der Waals surface area contributed by atoms with Gasteiger partial charge in [0.15, 0.2) is 0 Å². The number of hydrogen-bond acceptors (Lipinski definition) is 6. The first kappa shape index (κ1) is 14.4. The molecule has 0 bridgehead atoms. The van der Waals surface area contributed by atoms with Crippen LogP contribution in [0.5, 0.6) is 0 Å². The van der Waals surface area contributed by atoms with E-state index in [1.54, 1.807) is 31.3 Å². The van der Waals surface area contributed by atoms with Crippen molar-refractivity contribution < 1.29 is 4.79 Å². The molecule has 0 radical (unpaired) electrons. The van der Waals surface area contributed by atoms with Crippen LogP contribution in [0, 0.1) is 5.41 Å². The number of aromatic nitrogens is 2. The highest BCUT2D eigenvalue weighted by molar-refractivity contribution is 6.16. The monoisotopic (exact) mass is 284 g/mol. The molecule has 1 heterocycles. The zero-order valence-electron chi connectivity index (χ0n) is 11.8. The molecule has 1 aromatic carbocycles. The van der Waals surface area contributed by atoms with Gasteiger partial charge in [-0.2, -0.15) is 0 Å². The second-order valence-corrected chi connectivity index (χ2v) is 4.37. The molecule has 5 N–H and O–H groups in total. The average Bonchev–Trinajstić information content (AvgIpc) is 2.46. The Morgan fingerprint density at radius 3 is 2.48 bits per heavy atom. The summed E-state index contributed by atoms with van der Waals surface area (Å²) >= 11 is 0. The fraction of sp³-hybridized carbons (Fsp3) is 0.143. The Hall–Kier alpha value is -2.96. The number of anilines is 3. The summed E-state index contributed by atoms with van der Waals surface area (Å²) in [5.41, 5.74) is 7.83. The normalized spacial score (nSPS) is 10.0. The van der Waals surface area contributed by atoms with Gasteiger partial charge in [0, 0.05) is 25.2 Å². The Morgan fingerprint density at radius 1 is 1.24 bits per heavy atom. The van der Waals surface area contributed by atoms with E-state index >= 15 is 0 Å². The van der Waals surface area contributed by atoms with Crippen LogP contribution >= 0.6 is 0 Å². The molecule has 0 aliphatic heterocycles. The number of carbonyl (C=O) groups excluding carboxylic acids is 1. The van der Waals surface area contributed by atoms with Crippen LogP contribution in [0.2, 0.25) is 0 Å². The van der Waals surface area contributed by atoms with Gasteiger partial charge < -0.3 is 16.4 Å². The van der Waals surface area contributed by atoms with Gasteiger partial charge in [-0.3, -0.25) is 10.2 Å². The first-order valence-corrected chi connectivity index (χ1v) is 6.28. The minimum absolute atomic E-state index is 0.143. The smallest absolute Gasteiger partial charge is 0.221 e. The second-order valence-electron chi connectivity index (χ2n) is 4.37. The van der Waals surface area contributed by atoms with Gasteiger partial charge in [-0.25, -0.2) is 9.97 Å². The Morgan fingerprint density at radius 2 is 1.90 bits per heavy atom. The summed E-state index contributed by atoms with van der Waals surface area (Å²) in [4.78, 5) is 19.0. The highest BCUT2D eigenvalue weighted by Crippen LogP contribution is 2.21. The maximum absolute atomic E-state index is 11.0. The third-order valence-electron chi connectivity index (χ3n) is 2.86. The zero-order chi connectivity index (χ0) is 15.4. The molecule has 0 aliphatic carbocycles. The Balaban J connectivity index is 2.34. The Kier molecular flexibility index (Phi) is 4.13. The number of benzene rings is 1. The zero-order valence-corrected chi connectivity index (χ0v) is 11.8. The van der Waals surface area contributed by atoms with Gasteiger partial charge in [-0.1, -0.05) is 12.1 Å². The summed E-state index contributed by atoms with van der Waals surface area (Å²) in [6.45, 7) is 1.44. The standard InChI is InChI=1S/C14H16N6O/c1-8(21)20-10-5-3-9(4-6-10)12(15)11-13(16)18-7-19-14(11)17-2/h3-7,15H,1-2H3,(H,20,21)(H3,16,17,18,19). The van der Waals surface area contributed by atoms with Gasteiger partial charge in [-0.05, 0) is 12.1 Å². The van der Waals surface area contributed by atoms with Gasteiger partial charge in [0.05, 0.1) is 11.3 Å². The van der Waals surface area contributed by atoms with Gasteiger partial charge in [0.2, 0.25) is 5.91 Å². The lowest BCUT2D eigenvalue weighted by Gasteiger charge is -2.11. The van der Waals surface area contributed by atoms with Crippen molar-refractivity contribution in [1.82, 2.24) is 9.97 Å². The predicted molar refractivity (Wildman–Crippen MR) is 82.7 cm³/mol. The lowest BCUT2D eigenvalue weighted by atomic mass is 10.0. The van der Waals surface area contributed by atoms with E-state index in [9.17, 15) is 4.79 Å². The van der Waals surface area contributed by atoms with Crippen molar-refractivity contribution in [3.05, 3.63) is 41.7 Å². The summed E-state index contributed by atoms with van der Waals surface area (Å²) in [6, 6.07) is 6.92. The fourth-order valence-corrected chi connectivity index (χ4v) is 1.90. The van der Waals surface area contributed by atoms with Crippen molar-refractivity contribution in [2.45, 2.75) is 6.92 Å². The molecule has 2 aromatic rings. The second kappa shape index (κ2) is 6.00. The highest BCUT2D eigenvalue weighted by Gasteiger charge is 2.15. The molecule has 7 heteroatoms. The third kappa shape index (κ3) is 3.14. The van der Waals surface area contributed by atoms with E-state index in [1.165, 1.54) is 13.3 Å². The number of nitrogens with two attached hydrogens (primary N) is 1. The summed E-state index contributed by atoms with van der Waals surface area (Å²) in [5.74, 6) is 0.597. The molecule has 0 aliphatic rings. The Labute approximate surface area is 122 Å². The topological polar surface area (TPSA) is 117 Å². The number of hydrogen-bond donors (Lipinski definition) is 4. The van der Waals surface area contributed by atoms with Crippen molar-refractivity contribution in [1.29, 1.82) is 5.41 Å².